The molecule has 0 saturated carbocycles. The van der Waals surface area contributed by atoms with Crippen molar-refractivity contribution in [1.29, 1.82) is 0 Å². The van der Waals surface area contributed by atoms with Gasteiger partial charge in [0.05, 0.1) is 17.5 Å². The number of carbonyl (C=O) groups is 1. The van der Waals surface area contributed by atoms with Crippen molar-refractivity contribution in [3.8, 4) is 0 Å². The third kappa shape index (κ3) is 3.19. The largest absolute Gasteiger partial charge is 0.478 e. The highest BCUT2D eigenvalue weighted by atomic mass is 19.4. The van der Waals surface area contributed by atoms with Crippen LogP contribution in [0.25, 0.3) is 0 Å². The quantitative estimate of drug-likeness (QED) is 0.919. The second-order valence-electron chi connectivity index (χ2n) is 4.28. The summed E-state index contributed by atoms with van der Waals surface area (Å²) in [5.41, 5.74) is -1.84. The maximum atomic E-state index is 12.7. The van der Waals surface area contributed by atoms with E-state index in [-0.39, 0.29) is 0 Å². The predicted octanol–water partition coefficient (Wildman–Crippen LogP) is 2.49. The average Bonchev–Trinajstić information content (AvgIpc) is 2.96. The minimum Gasteiger partial charge on any atom is -0.478 e. The molecule has 108 valence electrons. The number of rotatable bonds is 5. The Hall–Kier alpha value is -2.25. The van der Waals surface area contributed by atoms with Gasteiger partial charge in [0.15, 0.2) is 0 Å². The van der Waals surface area contributed by atoms with Gasteiger partial charge in [-0.2, -0.15) is 13.2 Å². The van der Waals surface area contributed by atoms with Crippen LogP contribution in [-0.2, 0) is 19.3 Å². The molecule has 2 aromatic heterocycles. The van der Waals surface area contributed by atoms with E-state index in [1.807, 2.05) is 0 Å². The van der Waals surface area contributed by atoms with E-state index < -0.39 is 23.3 Å². The fourth-order valence-corrected chi connectivity index (χ4v) is 1.89. The zero-order valence-corrected chi connectivity index (χ0v) is 10.3. The van der Waals surface area contributed by atoms with Crippen molar-refractivity contribution in [3.63, 3.8) is 0 Å². The summed E-state index contributed by atoms with van der Waals surface area (Å²) in [7, 11) is 0. The number of imidazole rings is 1. The van der Waals surface area contributed by atoms with E-state index in [9.17, 15) is 18.0 Å². The number of aromatic carboxylic acids is 1. The Morgan fingerprint density at radius 3 is 2.45 bits per heavy atom. The van der Waals surface area contributed by atoms with Gasteiger partial charge in [-0.25, -0.2) is 9.78 Å². The second-order valence-corrected chi connectivity index (χ2v) is 4.28. The minimum atomic E-state index is -4.66. The van der Waals surface area contributed by atoms with Crippen molar-refractivity contribution >= 4 is 5.97 Å². The summed E-state index contributed by atoms with van der Waals surface area (Å²) < 4.78 is 41.1. The summed E-state index contributed by atoms with van der Waals surface area (Å²) in [5, 5.41) is 8.79. The van der Waals surface area contributed by atoms with Gasteiger partial charge in [0, 0.05) is 37.9 Å². The molecule has 0 radical (unpaired) electrons. The molecule has 0 unspecified atom stereocenters. The standard InChI is InChI=1S/C12H12F3N3O2/c13-12(14,15)10-7-18(6-9(10)11(19)20)4-1-3-17-5-2-16-8-17/h2,5-8H,1,3-4H2,(H,19,20). The zero-order chi connectivity index (χ0) is 14.8. The topological polar surface area (TPSA) is 60.0 Å². The fraction of sp³-hybridized carbons (Fsp3) is 0.333. The lowest BCUT2D eigenvalue weighted by Crippen LogP contribution is -2.09. The normalized spacial score (nSPS) is 11.8. The SMILES string of the molecule is O=C(O)c1cn(CCCn2ccnc2)cc1C(F)(F)F. The molecule has 0 aliphatic heterocycles. The molecular formula is C12H12F3N3O2. The Morgan fingerprint density at radius 1 is 1.25 bits per heavy atom. The molecule has 2 heterocycles. The van der Waals surface area contributed by atoms with Gasteiger partial charge in [0.1, 0.15) is 0 Å². The first-order valence-electron chi connectivity index (χ1n) is 5.84. The van der Waals surface area contributed by atoms with Gasteiger partial charge >= 0.3 is 12.1 Å². The second kappa shape index (κ2) is 5.40. The van der Waals surface area contributed by atoms with E-state index in [1.165, 1.54) is 4.57 Å². The van der Waals surface area contributed by atoms with E-state index in [4.69, 9.17) is 5.11 Å². The maximum Gasteiger partial charge on any atom is 0.418 e. The van der Waals surface area contributed by atoms with Crippen LogP contribution < -0.4 is 0 Å². The van der Waals surface area contributed by atoms with Gasteiger partial charge < -0.3 is 14.2 Å². The number of aryl methyl sites for hydroxylation is 2. The highest BCUT2D eigenvalue weighted by Gasteiger charge is 2.36. The maximum absolute atomic E-state index is 12.7. The first kappa shape index (κ1) is 14.2. The van der Waals surface area contributed by atoms with Crippen molar-refractivity contribution in [2.45, 2.75) is 25.7 Å². The Labute approximate surface area is 112 Å². The Bertz CT molecular complexity index is 588. The predicted molar refractivity (Wildman–Crippen MR) is 63.2 cm³/mol. The number of hydrogen-bond acceptors (Lipinski definition) is 2. The molecule has 0 aliphatic carbocycles. The summed E-state index contributed by atoms with van der Waals surface area (Å²) in [6.07, 6.45) is 2.72. The number of carboxylic acids is 1. The van der Waals surface area contributed by atoms with E-state index in [0.29, 0.717) is 19.5 Å². The number of alkyl halides is 3. The average molecular weight is 287 g/mol. The minimum absolute atomic E-state index is 0.300. The molecule has 0 bridgehead atoms. The number of hydrogen-bond donors (Lipinski definition) is 1. The van der Waals surface area contributed by atoms with E-state index >= 15 is 0 Å². The molecule has 5 nitrogen and oxygen atoms in total. The van der Waals surface area contributed by atoms with Crippen molar-refractivity contribution in [2.24, 2.45) is 0 Å². The van der Waals surface area contributed by atoms with Crippen LogP contribution in [0.4, 0.5) is 13.2 Å². The monoisotopic (exact) mass is 287 g/mol. The van der Waals surface area contributed by atoms with Gasteiger partial charge in [0.2, 0.25) is 0 Å². The van der Waals surface area contributed by atoms with Crippen LogP contribution in [-0.4, -0.2) is 25.2 Å². The van der Waals surface area contributed by atoms with Crippen LogP contribution >= 0.6 is 0 Å². The highest BCUT2D eigenvalue weighted by molar-refractivity contribution is 5.89. The number of carboxylic acid groups (broad SMARTS) is 1. The Kier molecular flexibility index (Phi) is 3.82. The fourth-order valence-electron chi connectivity index (χ4n) is 1.89. The zero-order valence-electron chi connectivity index (χ0n) is 10.3. The molecule has 1 N–H and O–H groups in total. The third-order valence-corrected chi connectivity index (χ3v) is 2.81. The van der Waals surface area contributed by atoms with E-state index in [0.717, 1.165) is 12.4 Å². The first-order chi connectivity index (χ1) is 9.38. The van der Waals surface area contributed by atoms with Crippen LogP contribution in [0.1, 0.15) is 22.3 Å². The molecule has 0 amide bonds. The number of nitrogens with zero attached hydrogens (tertiary/aromatic N) is 3. The van der Waals surface area contributed by atoms with Crippen molar-refractivity contribution in [2.75, 3.05) is 0 Å². The van der Waals surface area contributed by atoms with Crippen molar-refractivity contribution in [1.82, 2.24) is 14.1 Å². The molecule has 0 fully saturated rings. The lowest BCUT2D eigenvalue weighted by Gasteiger charge is -2.05. The number of halogens is 3. The van der Waals surface area contributed by atoms with E-state index in [2.05, 4.69) is 4.98 Å². The van der Waals surface area contributed by atoms with Crippen LogP contribution in [0.15, 0.2) is 31.1 Å². The molecule has 0 aliphatic rings. The third-order valence-electron chi connectivity index (χ3n) is 2.81. The summed E-state index contributed by atoms with van der Waals surface area (Å²) in [5.74, 6) is -1.58. The Balaban J connectivity index is 2.07. The van der Waals surface area contributed by atoms with Crippen LogP contribution in [0.2, 0.25) is 0 Å². The lowest BCUT2D eigenvalue weighted by atomic mass is 10.2. The van der Waals surface area contributed by atoms with E-state index in [1.54, 1.807) is 23.3 Å². The Morgan fingerprint density at radius 2 is 1.95 bits per heavy atom. The highest BCUT2D eigenvalue weighted by Crippen LogP contribution is 2.32. The molecule has 2 aromatic rings. The summed E-state index contributed by atoms with van der Waals surface area (Å²) in [6, 6.07) is 0. The summed E-state index contributed by atoms with van der Waals surface area (Å²) >= 11 is 0. The summed E-state index contributed by atoms with van der Waals surface area (Å²) in [6.45, 7) is 0.899. The van der Waals surface area contributed by atoms with Gasteiger partial charge in [-0.05, 0) is 6.42 Å². The van der Waals surface area contributed by atoms with Crippen LogP contribution in [0.3, 0.4) is 0 Å². The molecule has 0 aromatic carbocycles. The first-order valence-corrected chi connectivity index (χ1v) is 5.84. The van der Waals surface area contributed by atoms with Gasteiger partial charge in [0.25, 0.3) is 0 Å². The van der Waals surface area contributed by atoms with Gasteiger partial charge in [-0.15, -0.1) is 0 Å². The molecule has 20 heavy (non-hydrogen) atoms. The molecule has 0 atom stereocenters. The van der Waals surface area contributed by atoms with Crippen molar-refractivity contribution < 1.29 is 23.1 Å². The van der Waals surface area contributed by atoms with Crippen molar-refractivity contribution in [3.05, 3.63) is 42.2 Å². The molecular weight excluding hydrogens is 275 g/mol. The molecule has 2 rings (SSSR count). The summed E-state index contributed by atoms with van der Waals surface area (Å²) in [4.78, 5) is 14.7. The smallest absolute Gasteiger partial charge is 0.418 e. The number of aromatic nitrogens is 3. The molecule has 8 heteroatoms. The van der Waals surface area contributed by atoms with Gasteiger partial charge in [-0.3, -0.25) is 0 Å². The van der Waals surface area contributed by atoms with Crippen LogP contribution in [0.5, 0.6) is 0 Å². The lowest BCUT2D eigenvalue weighted by molar-refractivity contribution is -0.138. The molecule has 0 saturated heterocycles. The van der Waals surface area contributed by atoms with Gasteiger partial charge in [-0.1, -0.05) is 0 Å². The molecule has 0 spiro atoms. The van der Waals surface area contributed by atoms with Crippen LogP contribution in [0, 0.1) is 0 Å².